The van der Waals surface area contributed by atoms with E-state index in [9.17, 15) is 13.2 Å². The molecular weight excluding hydrogens is 398 g/mol. The number of carbonyl (C=O) groups excluding carboxylic acids is 1. The SMILES string of the molecule is Cc1cccc2c1NC1(CCN(S(=O)(=O)c3cccc4ccccc34)CC1)NC2=O. The molecule has 3 aromatic carbocycles. The average molecular weight is 422 g/mol. The van der Waals surface area contributed by atoms with Crippen molar-refractivity contribution in [3.63, 3.8) is 0 Å². The molecule has 0 radical (unpaired) electrons. The Morgan fingerprint density at radius 3 is 2.40 bits per heavy atom. The predicted octanol–water partition coefficient (Wildman–Crippen LogP) is 3.48. The van der Waals surface area contributed by atoms with Gasteiger partial charge < -0.3 is 10.6 Å². The zero-order chi connectivity index (χ0) is 20.9. The first-order chi connectivity index (χ1) is 14.4. The second-order valence-corrected chi connectivity index (χ2v) is 9.95. The predicted molar refractivity (Wildman–Crippen MR) is 117 cm³/mol. The average Bonchev–Trinajstić information content (AvgIpc) is 2.74. The fourth-order valence-electron chi connectivity index (χ4n) is 4.50. The van der Waals surface area contributed by atoms with Gasteiger partial charge in [0.2, 0.25) is 10.0 Å². The number of nitrogens with zero attached hydrogens (tertiary/aromatic N) is 1. The van der Waals surface area contributed by atoms with Crippen molar-refractivity contribution >= 4 is 32.4 Å². The molecule has 0 aromatic heterocycles. The number of rotatable bonds is 2. The highest BCUT2D eigenvalue weighted by Crippen LogP contribution is 2.35. The summed E-state index contributed by atoms with van der Waals surface area (Å²) >= 11 is 0. The molecule has 1 saturated heterocycles. The van der Waals surface area contributed by atoms with Crippen LogP contribution in [0.2, 0.25) is 0 Å². The van der Waals surface area contributed by atoms with Crippen molar-refractivity contribution in [3.8, 4) is 0 Å². The summed E-state index contributed by atoms with van der Waals surface area (Å²) in [6, 6.07) is 18.5. The maximum atomic E-state index is 13.4. The lowest BCUT2D eigenvalue weighted by Gasteiger charge is -2.45. The lowest BCUT2D eigenvalue weighted by Crippen LogP contribution is -2.62. The minimum atomic E-state index is -3.63. The van der Waals surface area contributed by atoms with Crippen LogP contribution >= 0.6 is 0 Å². The Bertz CT molecular complexity index is 1260. The van der Waals surface area contributed by atoms with Crippen LogP contribution in [0.5, 0.6) is 0 Å². The summed E-state index contributed by atoms with van der Waals surface area (Å²) < 4.78 is 28.3. The standard InChI is InChI=1S/C23H23N3O3S/c1-16-6-4-10-19-21(16)24-23(25-22(19)27)12-14-26(15-13-23)30(28,29)20-11-5-8-17-7-2-3-9-18(17)20/h2-11,24H,12-15H2,1H3,(H,25,27). The van der Waals surface area contributed by atoms with Gasteiger partial charge in [-0.15, -0.1) is 0 Å². The highest BCUT2D eigenvalue weighted by molar-refractivity contribution is 7.89. The fraction of sp³-hybridized carbons (Fsp3) is 0.261. The molecule has 1 amide bonds. The Morgan fingerprint density at radius 2 is 1.60 bits per heavy atom. The third-order valence-corrected chi connectivity index (χ3v) is 8.13. The van der Waals surface area contributed by atoms with E-state index < -0.39 is 15.7 Å². The Morgan fingerprint density at radius 1 is 0.900 bits per heavy atom. The van der Waals surface area contributed by atoms with Crippen LogP contribution in [-0.2, 0) is 10.0 Å². The summed E-state index contributed by atoms with van der Waals surface area (Å²) in [6.45, 7) is 2.64. The molecule has 0 atom stereocenters. The van der Waals surface area contributed by atoms with E-state index in [1.807, 2.05) is 49.4 Å². The van der Waals surface area contributed by atoms with Crippen LogP contribution < -0.4 is 10.6 Å². The molecule has 2 N–H and O–H groups in total. The number of para-hydroxylation sites is 1. The molecule has 0 saturated carbocycles. The number of fused-ring (bicyclic) bond motifs is 2. The van der Waals surface area contributed by atoms with Crippen LogP contribution in [0, 0.1) is 6.92 Å². The van der Waals surface area contributed by atoms with Gasteiger partial charge in [0.05, 0.1) is 16.1 Å². The number of carbonyl (C=O) groups is 1. The van der Waals surface area contributed by atoms with Gasteiger partial charge in [0, 0.05) is 31.3 Å². The molecule has 6 nitrogen and oxygen atoms in total. The highest BCUT2D eigenvalue weighted by Gasteiger charge is 2.43. The van der Waals surface area contributed by atoms with Gasteiger partial charge in [-0.2, -0.15) is 4.31 Å². The van der Waals surface area contributed by atoms with Crippen LogP contribution in [0.25, 0.3) is 10.8 Å². The summed E-state index contributed by atoms with van der Waals surface area (Å²) in [5.74, 6) is -0.113. The Kier molecular flexibility index (Phi) is 4.34. The molecule has 3 aromatic rings. The number of piperidine rings is 1. The molecule has 2 heterocycles. The van der Waals surface area contributed by atoms with Gasteiger partial charge in [0.25, 0.3) is 5.91 Å². The molecule has 7 heteroatoms. The Hall–Kier alpha value is -2.90. The number of nitrogens with one attached hydrogen (secondary N) is 2. The maximum absolute atomic E-state index is 13.4. The first kappa shape index (κ1) is 19.1. The molecule has 2 aliphatic heterocycles. The quantitative estimate of drug-likeness (QED) is 0.664. The Balaban J connectivity index is 1.42. The van der Waals surface area contributed by atoms with E-state index in [0.717, 1.165) is 22.0 Å². The molecule has 2 aliphatic rings. The summed E-state index contributed by atoms with van der Waals surface area (Å²) in [7, 11) is -3.63. The topological polar surface area (TPSA) is 78.5 Å². The maximum Gasteiger partial charge on any atom is 0.255 e. The molecule has 0 unspecified atom stereocenters. The summed E-state index contributed by atoms with van der Waals surface area (Å²) in [6.07, 6.45) is 0.993. The van der Waals surface area contributed by atoms with Crippen molar-refractivity contribution in [2.24, 2.45) is 0 Å². The molecule has 30 heavy (non-hydrogen) atoms. The third kappa shape index (κ3) is 2.97. The minimum absolute atomic E-state index is 0.113. The zero-order valence-corrected chi connectivity index (χ0v) is 17.5. The molecule has 5 rings (SSSR count). The van der Waals surface area contributed by atoms with Crippen molar-refractivity contribution < 1.29 is 13.2 Å². The zero-order valence-electron chi connectivity index (χ0n) is 16.7. The van der Waals surface area contributed by atoms with Gasteiger partial charge in [-0.05, 0) is 30.0 Å². The number of amides is 1. The summed E-state index contributed by atoms with van der Waals surface area (Å²) in [4.78, 5) is 13.0. The van der Waals surface area contributed by atoms with Crippen LogP contribution in [-0.4, -0.2) is 37.4 Å². The van der Waals surface area contributed by atoms with Crippen molar-refractivity contribution in [3.05, 3.63) is 71.8 Å². The smallest absolute Gasteiger partial charge is 0.255 e. The number of aryl methyl sites for hydroxylation is 1. The van der Waals surface area contributed by atoms with Gasteiger partial charge in [-0.25, -0.2) is 8.42 Å². The van der Waals surface area contributed by atoms with E-state index in [4.69, 9.17) is 0 Å². The van der Waals surface area contributed by atoms with E-state index >= 15 is 0 Å². The molecule has 154 valence electrons. The largest absolute Gasteiger partial charge is 0.362 e. The first-order valence-corrected chi connectivity index (χ1v) is 11.5. The van der Waals surface area contributed by atoms with Crippen LogP contribution in [0.15, 0.2) is 65.6 Å². The van der Waals surface area contributed by atoms with E-state index in [1.165, 1.54) is 4.31 Å². The van der Waals surface area contributed by atoms with E-state index in [1.54, 1.807) is 18.2 Å². The van der Waals surface area contributed by atoms with Gasteiger partial charge in [-0.1, -0.05) is 48.5 Å². The van der Waals surface area contributed by atoms with Crippen molar-refractivity contribution in [1.29, 1.82) is 0 Å². The third-order valence-electron chi connectivity index (χ3n) is 6.18. The van der Waals surface area contributed by atoms with E-state index in [2.05, 4.69) is 10.6 Å². The number of hydrogen-bond acceptors (Lipinski definition) is 4. The lowest BCUT2D eigenvalue weighted by molar-refractivity contribution is 0.0865. The first-order valence-electron chi connectivity index (χ1n) is 10.1. The molecule has 1 spiro atoms. The summed E-state index contributed by atoms with van der Waals surface area (Å²) in [5.41, 5.74) is 1.85. The normalized spacial score (nSPS) is 18.6. The molecular formula is C23H23N3O3S. The van der Waals surface area contributed by atoms with Crippen molar-refractivity contribution in [2.75, 3.05) is 18.4 Å². The minimum Gasteiger partial charge on any atom is -0.362 e. The second kappa shape index (κ2) is 6.82. The summed E-state index contributed by atoms with van der Waals surface area (Å²) in [5, 5.41) is 8.22. The number of sulfonamides is 1. The van der Waals surface area contributed by atoms with E-state index in [0.29, 0.717) is 36.4 Å². The van der Waals surface area contributed by atoms with Crippen LogP contribution in [0.1, 0.15) is 28.8 Å². The van der Waals surface area contributed by atoms with Crippen LogP contribution in [0.3, 0.4) is 0 Å². The number of hydrogen-bond donors (Lipinski definition) is 2. The van der Waals surface area contributed by atoms with Crippen molar-refractivity contribution in [2.45, 2.75) is 30.3 Å². The monoisotopic (exact) mass is 421 g/mol. The number of benzene rings is 3. The Labute approximate surface area is 175 Å². The second-order valence-electron chi connectivity index (χ2n) is 8.04. The van der Waals surface area contributed by atoms with E-state index in [-0.39, 0.29) is 5.91 Å². The van der Waals surface area contributed by atoms with Crippen LogP contribution in [0.4, 0.5) is 5.69 Å². The molecule has 0 bridgehead atoms. The van der Waals surface area contributed by atoms with Gasteiger partial charge >= 0.3 is 0 Å². The lowest BCUT2D eigenvalue weighted by atomic mass is 9.92. The van der Waals surface area contributed by atoms with Gasteiger partial charge in [0.15, 0.2) is 0 Å². The number of anilines is 1. The van der Waals surface area contributed by atoms with Gasteiger partial charge in [0.1, 0.15) is 5.66 Å². The van der Waals surface area contributed by atoms with Gasteiger partial charge in [-0.3, -0.25) is 4.79 Å². The van der Waals surface area contributed by atoms with Crippen molar-refractivity contribution in [1.82, 2.24) is 9.62 Å². The fourth-order valence-corrected chi connectivity index (χ4v) is 6.15. The molecule has 0 aliphatic carbocycles. The molecule has 1 fully saturated rings. The highest BCUT2D eigenvalue weighted by atomic mass is 32.2.